The maximum absolute atomic E-state index is 12.6. The SMILES string of the molecule is Nc1nc(C=O)c(C(F)F)cc1F. The highest BCUT2D eigenvalue weighted by atomic mass is 19.3. The fourth-order valence-corrected chi connectivity index (χ4v) is 0.801. The van der Waals surface area contributed by atoms with E-state index in [1.54, 1.807) is 0 Å². The second kappa shape index (κ2) is 3.42. The lowest BCUT2D eigenvalue weighted by molar-refractivity contribution is 0.110. The summed E-state index contributed by atoms with van der Waals surface area (Å²) >= 11 is 0. The molecule has 1 heterocycles. The Labute approximate surface area is 71.4 Å². The number of alkyl halides is 2. The Hall–Kier alpha value is -1.59. The summed E-state index contributed by atoms with van der Waals surface area (Å²) in [5, 5.41) is 0. The molecule has 0 saturated carbocycles. The summed E-state index contributed by atoms with van der Waals surface area (Å²) in [6.07, 6.45) is -2.83. The molecule has 0 aliphatic heterocycles. The first kappa shape index (κ1) is 9.50. The molecule has 13 heavy (non-hydrogen) atoms. The normalized spacial score (nSPS) is 10.5. The first-order valence-corrected chi connectivity index (χ1v) is 3.25. The molecule has 0 bridgehead atoms. The first-order valence-electron chi connectivity index (χ1n) is 3.25. The van der Waals surface area contributed by atoms with Crippen molar-refractivity contribution < 1.29 is 18.0 Å². The smallest absolute Gasteiger partial charge is 0.266 e. The van der Waals surface area contributed by atoms with Gasteiger partial charge in [0.2, 0.25) is 0 Å². The van der Waals surface area contributed by atoms with Crippen LogP contribution in [0.15, 0.2) is 6.07 Å². The van der Waals surface area contributed by atoms with Crippen molar-refractivity contribution in [3.8, 4) is 0 Å². The molecule has 0 fully saturated rings. The lowest BCUT2D eigenvalue weighted by atomic mass is 10.2. The van der Waals surface area contributed by atoms with Crippen LogP contribution >= 0.6 is 0 Å². The molecule has 0 unspecified atom stereocenters. The number of hydrogen-bond acceptors (Lipinski definition) is 3. The monoisotopic (exact) mass is 190 g/mol. The van der Waals surface area contributed by atoms with Crippen LogP contribution in [0.4, 0.5) is 19.0 Å². The zero-order valence-corrected chi connectivity index (χ0v) is 6.30. The third kappa shape index (κ3) is 1.77. The Morgan fingerprint density at radius 2 is 2.15 bits per heavy atom. The lowest BCUT2D eigenvalue weighted by Crippen LogP contribution is -2.03. The van der Waals surface area contributed by atoms with Crippen molar-refractivity contribution in [1.29, 1.82) is 0 Å². The molecular weight excluding hydrogens is 185 g/mol. The molecule has 0 spiro atoms. The number of halogens is 3. The van der Waals surface area contributed by atoms with Crippen LogP contribution in [-0.4, -0.2) is 11.3 Å². The highest BCUT2D eigenvalue weighted by Gasteiger charge is 2.16. The molecule has 0 aromatic carbocycles. The number of pyridine rings is 1. The highest BCUT2D eigenvalue weighted by molar-refractivity contribution is 5.75. The highest BCUT2D eigenvalue weighted by Crippen LogP contribution is 2.23. The number of anilines is 1. The minimum Gasteiger partial charge on any atom is -0.381 e. The number of aldehydes is 1. The molecular formula is C7H5F3N2O. The van der Waals surface area contributed by atoms with Gasteiger partial charge in [0.05, 0.1) is 0 Å². The van der Waals surface area contributed by atoms with Gasteiger partial charge in [0.1, 0.15) is 5.69 Å². The van der Waals surface area contributed by atoms with E-state index in [0.717, 1.165) is 0 Å². The number of carbonyl (C=O) groups is 1. The fourth-order valence-electron chi connectivity index (χ4n) is 0.801. The average molecular weight is 190 g/mol. The molecule has 0 radical (unpaired) electrons. The third-order valence-corrected chi connectivity index (χ3v) is 1.41. The van der Waals surface area contributed by atoms with E-state index < -0.39 is 29.3 Å². The number of nitrogens with zero attached hydrogens (tertiary/aromatic N) is 1. The van der Waals surface area contributed by atoms with Gasteiger partial charge in [-0.25, -0.2) is 18.2 Å². The van der Waals surface area contributed by atoms with Crippen LogP contribution < -0.4 is 5.73 Å². The standard InChI is InChI=1S/C7H5F3N2O/c8-4-1-3(6(9)10)5(2-13)12-7(4)11/h1-2,6H,(H2,11,12). The maximum atomic E-state index is 12.6. The van der Waals surface area contributed by atoms with Crippen LogP contribution in [0.25, 0.3) is 0 Å². The fraction of sp³-hybridized carbons (Fsp3) is 0.143. The molecule has 3 nitrogen and oxygen atoms in total. The largest absolute Gasteiger partial charge is 0.381 e. The van der Waals surface area contributed by atoms with E-state index in [4.69, 9.17) is 5.73 Å². The van der Waals surface area contributed by atoms with Gasteiger partial charge in [-0.05, 0) is 6.07 Å². The number of hydrogen-bond donors (Lipinski definition) is 1. The van der Waals surface area contributed by atoms with Gasteiger partial charge in [-0.1, -0.05) is 0 Å². The van der Waals surface area contributed by atoms with E-state index in [0.29, 0.717) is 6.07 Å². The van der Waals surface area contributed by atoms with Gasteiger partial charge in [0, 0.05) is 5.56 Å². The van der Waals surface area contributed by atoms with Gasteiger partial charge in [0.15, 0.2) is 17.9 Å². The molecule has 2 N–H and O–H groups in total. The van der Waals surface area contributed by atoms with Crippen LogP contribution in [0.2, 0.25) is 0 Å². The van der Waals surface area contributed by atoms with Crippen LogP contribution in [0.5, 0.6) is 0 Å². The first-order chi connectivity index (χ1) is 6.06. The maximum Gasteiger partial charge on any atom is 0.266 e. The second-order valence-corrected chi connectivity index (χ2v) is 2.25. The van der Waals surface area contributed by atoms with Crippen molar-refractivity contribution in [3.05, 3.63) is 23.1 Å². The van der Waals surface area contributed by atoms with Crippen LogP contribution in [-0.2, 0) is 0 Å². The number of nitrogens with two attached hydrogens (primary N) is 1. The zero-order chi connectivity index (χ0) is 10.0. The number of carbonyl (C=O) groups excluding carboxylic acids is 1. The van der Waals surface area contributed by atoms with E-state index in [2.05, 4.69) is 4.98 Å². The van der Waals surface area contributed by atoms with E-state index >= 15 is 0 Å². The molecule has 0 aliphatic carbocycles. The van der Waals surface area contributed by atoms with Gasteiger partial charge in [0.25, 0.3) is 6.43 Å². The molecule has 0 atom stereocenters. The van der Waals surface area contributed by atoms with Crippen molar-refractivity contribution in [2.75, 3.05) is 5.73 Å². The molecule has 1 aromatic heterocycles. The molecule has 0 aliphatic rings. The lowest BCUT2D eigenvalue weighted by Gasteiger charge is -2.03. The number of rotatable bonds is 2. The van der Waals surface area contributed by atoms with Crippen molar-refractivity contribution >= 4 is 12.1 Å². The van der Waals surface area contributed by atoms with Gasteiger partial charge < -0.3 is 5.73 Å². The minimum atomic E-state index is -2.94. The Morgan fingerprint density at radius 3 is 2.62 bits per heavy atom. The Kier molecular flexibility index (Phi) is 2.50. The van der Waals surface area contributed by atoms with E-state index in [1.807, 2.05) is 0 Å². The van der Waals surface area contributed by atoms with Crippen molar-refractivity contribution in [2.24, 2.45) is 0 Å². The molecule has 0 saturated heterocycles. The van der Waals surface area contributed by atoms with E-state index in [9.17, 15) is 18.0 Å². The second-order valence-electron chi connectivity index (χ2n) is 2.25. The third-order valence-electron chi connectivity index (χ3n) is 1.41. The molecule has 1 rings (SSSR count). The molecule has 1 aromatic rings. The molecule has 0 amide bonds. The summed E-state index contributed by atoms with van der Waals surface area (Å²) in [4.78, 5) is 13.4. The number of nitrogen functional groups attached to an aromatic ring is 1. The Bertz CT molecular complexity index is 341. The summed E-state index contributed by atoms with van der Waals surface area (Å²) in [6.45, 7) is 0. The van der Waals surface area contributed by atoms with Gasteiger partial charge in [-0.15, -0.1) is 0 Å². The van der Waals surface area contributed by atoms with Crippen molar-refractivity contribution in [1.82, 2.24) is 4.98 Å². The Balaban J connectivity index is 3.32. The molecule has 6 heteroatoms. The molecule has 70 valence electrons. The van der Waals surface area contributed by atoms with E-state index in [-0.39, 0.29) is 6.29 Å². The quantitative estimate of drug-likeness (QED) is 0.720. The Morgan fingerprint density at radius 1 is 1.54 bits per heavy atom. The van der Waals surface area contributed by atoms with Gasteiger partial charge >= 0.3 is 0 Å². The van der Waals surface area contributed by atoms with Gasteiger partial charge in [-0.2, -0.15) is 0 Å². The van der Waals surface area contributed by atoms with Crippen molar-refractivity contribution in [3.63, 3.8) is 0 Å². The zero-order valence-electron chi connectivity index (χ0n) is 6.30. The van der Waals surface area contributed by atoms with Crippen LogP contribution in [0, 0.1) is 5.82 Å². The average Bonchev–Trinajstić information content (AvgIpc) is 2.08. The van der Waals surface area contributed by atoms with Crippen LogP contribution in [0.3, 0.4) is 0 Å². The van der Waals surface area contributed by atoms with Gasteiger partial charge in [-0.3, -0.25) is 4.79 Å². The predicted molar refractivity (Wildman–Crippen MR) is 39.0 cm³/mol. The predicted octanol–water partition coefficient (Wildman–Crippen LogP) is 1.55. The minimum absolute atomic E-state index is 0.108. The summed E-state index contributed by atoms with van der Waals surface area (Å²) < 4.78 is 36.9. The topological polar surface area (TPSA) is 56.0 Å². The van der Waals surface area contributed by atoms with E-state index in [1.165, 1.54) is 0 Å². The summed E-state index contributed by atoms with van der Waals surface area (Å²) in [5.74, 6) is -1.62. The number of aromatic nitrogens is 1. The summed E-state index contributed by atoms with van der Waals surface area (Å²) in [5.41, 5.74) is 3.69. The summed E-state index contributed by atoms with van der Waals surface area (Å²) in [7, 11) is 0. The van der Waals surface area contributed by atoms with Crippen LogP contribution in [0.1, 0.15) is 22.5 Å². The summed E-state index contributed by atoms with van der Waals surface area (Å²) in [6, 6.07) is 0.511. The van der Waals surface area contributed by atoms with Crippen molar-refractivity contribution in [2.45, 2.75) is 6.43 Å².